The van der Waals surface area contributed by atoms with Crippen molar-refractivity contribution < 1.29 is 4.79 Å². The molecule has 2 aromatic rings. The summed E-state index contributed by atoms with van der Waals surface area (Å²) in [5.41, 5.74) is 6.79. The Labute approximate surface area is 144 Å². The largest absolute Gasteiger partial charge is 0.342 e. The normalized spacial score (nSPS) is 12.6. The van der Waals surface area contributed by atoms with E-state index in [1.54, 1.807) is 11.9 Å². The third-order valence-electron chi connectivity index (χ3n) is 4.06. The van der Waals surface area contributed by atoms with E-state index in [0.717, 1.165) is 16.3 Å². The molecule has 0 aliphatic carbocycles. The highest BCUT2D eigenvalue weighted by atomic mass is 79.9. The minimum atomic E-state index is -0.292. The number of H-pyrrole nitrogens is 1. The fraction of sp³-hybridized carbons (Fsp3) is 0.412. The summed E-state index contributed by atoms with van der Waals surface area (Å²) in [7, 11) is 1.74. The zero-order valence-electron chi connectivity index (χ0n) is 13.6. The molecule has 1 heterocycles. The number of carbonyl (C=O) groups excluding carboxylic acids is 1. The zero-order chi connectivity index (χ0) is 17.1. The highest BCUT2D eigenvalue weighted by Crippen LogP contribution is 2.24. The van der Waals surface area contributed by atoms with Crippen LogP contribution in [0.3, 0.4) is 0 Å². The van der Waals surface area contributed by atoms with E-state index in [4.69, 9.17) is 5.73 Å². The summed E-state index contributed by atoms with van der Waals surface area (Å²) in [5.74, 6) is 0.199. The number of nitrogens with one attached hydrogen (secondary N) is 1. The fourth-order valence-electron chi connectivity index (χ4n) is 2.40. The first kappa shape index (κ1) is 17.7. The Balaban J connectivity index is 2.31. The molecular weight excluding hydrogens is 358 g/mol. The number of fused-ring (bicyclic) bond motifs is 1. The van der Waals surface area contributed by atoms with Crippen molar-refractivity contribution in [1.82, 2.24) is 9.88 Å². The van der Waals surface area contributed by atoms with Crippen molar-refractivity contribution in [2.24, 2.45) is 11.7 Å². The van der Waals surface area contributed by atoms with Crippen molar-refractivity contribution in [1.29, 1.82) is 0 Å². The molecule has 0 saturated heterocycles. The molecule has 0 saturated carbocycles. The number of aromatic amines is 1. The summed E-state index contributed by atoms with van der Waals surface area (Å²) in [5, 5.41) is 0.726. The summed E-state index contributed by atoms with van der Waals surface area (Å²) in [4.78, 5) is 29.0. The van der Waals surface area contributed by atoms with Gasteiger partial charge in [-0.15, -0.1) is 0 Å². The molecule has 0 aliphatic heterocycles. The zero-order valence-corrected chi connectivity index (χ0v) is 15.2. The minimum Gasteiger partial charge on any atom is -0.342 e. The lowest BCUT2D eigenvalue weighted by Crippen LogP contribution is -2.35. The third-order valence-corrected chi connectivity index (χ3v) is 4.72. The Bertz CT molecular complexity index is 770. The molecule has 2 rings (SSSR count). The SMILES string of the molecule is CC(C)C(N)CCN(C)C(=O)c1cc(=O)[nH]c2c(Br)cccc12. The molecule has 0 fully saturated rings. The van der Waals surface area contributed by atoms with Gasteiger partial charge in [0, 0.05) is 35.6 Å². The number of hydrogen-bond donors (Lipinski definition) is 2. The van der Waals surface area contributed by atoms with E-state index in [2.05, 4.69) is 34.8 Å². The topological polar surface area (TPSA) is 79.2 Å². The Kier molecular flexibility index (Phi) is 5.59. The number of halogens is 1. The lowest BCUT2D eigenvalue weighted by Gasteiger charge is -2.22. The smallest absolute Gasteiger partial charge is 0.254 e. The average Bonchev–Trinajstić information content (AvgIpc) is 2.51. The first-order valence-electron chi connectivity index (χ1n) is 7.64. The fourth-order valence-corrected chi connectivity index (χ4v) is 2.87. The number of para-hydroxylation sites is 1. The van der Waals surface area contributed by atoms with Gasteiger partial charge in [-0.25, -0.2) is 0 Å². The quantitative estimate of drug-likeness (QED) is 0.837. The second kappa shape index (κ2) is 7.27. The Morgan fingerprint density at radius 2 is 2.09 bits per heavy atom. The van der Waals surface area contributed by atoms with Gasteiger partial charge in [-0.3, -0.25) is 9.59 Å². The van der Waals surface area contributed by atoms with E-state index in [9.17, 15) is 9.59 Å². The molecule has 6 heteroatoms. The molecule has 23 heavy (non-hydrogen) atoms. The van der Waals surface area contributed by atoms with E-state index >= 15 is 0 Å². The number of pyridine rings is 1. The van der Waals surface area contributed by atoms with Crippen LogP contribution < -0.4 is 11.3 Å². The standard InChI is InChI=1S/C17H22BrN3O2/c1-10(2)14(19)7-8-21(3)17(23)12-9-15(22)20-16-11(12)5-4-6-13(16)18/h4-6,9-10,14H,7-8,19H2,1-3H3,(H,20,22). The van der Waals surface area contributed by atoms with Crippen molar-refractivity contribution in [2.75, 3.05) is 13.6 Å². The average molecular weight is 380 g/mol. The van der Waals surface area contributed by atoms with E-state index in [-0.39, 0.29) is 17.5 Å². The summed E-state index contributed by atoms with van der Waals surface area (Å²) in [6.07, 6.45) is 0.727. The van der Waals surface area contributed by atoms with Crippen LogP contribution in [0.5, 0.6) is 0 Å². The number of hydrogen-bond acceptors (Lipinski definition) is 3. The summed E-state index contributed by atoms with van der Waals surface area (Å²) >= 11 is 3.41. The van der Waals surface area contributed by atoms with Crippen LogP contribution in [0.4, 0.5) is 0 Å². The van der Waals surface area contributed by atoms with Crippen LogP contribution in [0, 0.1) is 5.92 Å². The highest BCUT2D eigenvalue weighted by molar-refractivity contribution is 9.10. The van der Waals surface area contributed by atoms with Gasteiger partial charge < -0.3 is 15.6 Å². The van der Waals surface area contributed by atoms with Crippen LogP contribution >= 0.6 is 15.9 Å². The summed E-state index contributed by atoms with van der Waals surface area (Å²) in [6, 6.07) is 6.91. The second-order valence-corrected chi connectivity index (χ2v) is 6.99. The highest BCUT2D eigenvalue weighted by Gasteiger charge is 2.18. The van der Waals surface area contributed by atoms with Crippen LogP contribution in [0.1, 0.15) is 30.6 Å². The maximum Gasteiger partial charge on any atom is 0.254 e. The number of carbonyl (C=O) groups is 1. The molecule has 1 aromatic heterocycles. The van der Waals surface area contributed by atoms with Crippen LogP contribution in [0.25, 0.3) is 10.9 Å². The van der Waals surface area contributed by atoms with Gasteiger partial charge in [-0.1, -0.05) is 26.0 Å². The van der Waals surface area contributed by atoms with Crippen LogP contribution in [-0.4, -0.2) is 35.4 Å². The first-order chi connectivity index (χ1) is 10.8. The van der Waals surface area contributed by atoms with Crippen molar-refractivity contribution >= 4 is 32.7 Å². The maximum absolute atomic E-state index is 12.7. The Morgan fingerprint density at radius 3 is 2.74 bits per heavy atom. The number of benzene rings is 1. The first-order valence-corrected chi connectivity index (χ1v) is 8.43. The Hall–Kier alpha value is -1.66. The van der Waals surface area contributed by atoms with E-state index in [1.165, 1.54) is 6.07 Å². The molecule has 0 radical (unpaired) electrons. The van der Waals surface area contributed by atoms with Gasteiger partial charge in [0.05, 0.1) is 11.1 Å². The molecule has 1 atom stereocenters. The lowest BCUT2D eigenvalue weighted by molar-refractivity contribution is 0.0791. The van der Waals surface area contributed by atoms with Crippen LogP contribution in [-0.2, 0) is 0 Å². The van der Waals surface area contributed by atoms with Crippen LogP contribution in [0.2, 0.25) is 0 Å². The van der Waals surface area contributed by atoms with E-state index < -0.39 is 0 Å². The summed E-state index contributed by atoms with van der Waals surface area (Å²) < 4.78 is 0.756. The molecule has 5 nitrogen and oxygen atoms in total. The van der Waals surface area contributed by atoms with Gasteiger partial charge >= 0.3 is 0 Å². The van der Waals surface area contributed by atoms with Gasteiger partial charge in [0.15, 0.2) is 0 Å². The third kappa shape index (κ3) is 4.00. The van der Waals surface area contributed by atoms with Crippen molar-refractivity contribution in [3.05, 3.63) is 44.7 Å². The van der Waals surface area contributed by atoms with Crippen molar-refractivity contribution in [3.63, 3.8) is 0 Å². The number of rotatable bonds is 5. The maximum atomic E-state index is 12.7. The van der Waals surface area contributed by atoms with Crippen molar-refractivity contribution in [3.8, 4) is 0 Å². The molecule has 0 aliphatic rings. The molecule has 3 N–H and O–H groups in total. The minimum absolute atomic E-state index is 0.0512. The molecular formula is C17H22BrN3O2. The lowest BCUT2D eigenvalue weighted by atomic mass is 10.0. The molecule has 124 valence electrons. The molecule has 1 amide bonds. The number of amides is 1. The van der Waals surface area contributed by atoms with Gasteiger partial charge in [0.25, 0.3) is 5.91 Å². The van der Waals surface area contributed by atoms with Gasteiger partial charge in [-0.2, -0.15) is 0 Å². The van der Waals surface area contributed by atoms with Gasteiger partial charge in [0.2, 0.25) is 5.56 Å². The van der Waals surface area contributed by atoms with E-state index in [0.29, 0.717) is 23.5 Å². The predicted molar refractivity (Wildman–Crippen MR) is 96.7 cm³/mol. The summed E-state index contributed by atoms with van der Waals surface area (Å²) in [6.45, 7) is 4.68. The molecule has 0 spiro atoms. The molecule has 1 unspecified atom stereocenters. The van der Waals surface area contributed by atoms with Gasteiger partial charge in [-0.05, 0) is 34.3 Å². The monoisotopic (exact) mass is 379 g/mol. The van der Waals surface area contributed by atoms with Gasteiger partial charge in [0.1, 0.15) is 0 Å². The molecule has 1 aromatic carbocycles. The second-order valence-electron chi connectivity index (χ2n) is 6.13. The molecule has 0 bridgehead atoms. The van der Waals surface area contributed by atoms with E-state index in [1.807, 2.05) is 18.2 Å². The number of nitrogens with two attached hydrogens (primary N) is 1. The number of nitrogens with zero attached hydrogens (tertiary/aromatic N) is 1. The van der Waals surface area contributed by atoms with Crippen LogP contribution in [0.15, 0.2) is 33.5 Å². The number of aromatic nitrogens is 1. The van der Waals surface area contributed by atoms with Crippen molar-refractivity contribution in [2.45, 2.75) is 26.3 Å². The predicted octanol–water partition coefficient (Wildman–Crippen LogP) is 2.74. The Morgan fingerprint density at radius 1 is 1.39 bits per heavy atom.